The van der Waals surface area contributed by atoms with E-state index in [9.17, 15) is 0 Å². The Hall–Kier alpha value is -0.550. The highest BCUT2D eigenvalue weighted by molar-refractivity contribution is 4.98. The first kappa shape index (κ1) is 9.54. The van der Waals surface area contributed by atoms with Crippen LogP contribution < -0.4 is 0 Å². The number of piperidine rings is 1. The summed E-state index contributed by atoms with van der Waals surface area (Å²) in [6.07, 6.45) is 1.04. The fourth-order valence-corrected chi connectivity index (χ4v) is 1.98. The molecule has 0 saturated carbocycles. The van der Waals surface area contributed by atoms with Crippen molar-refractivity contribution in [2.45, 2.75) is 27.2 Å². The van der Waals surface area contributed by atoms with Gasteiger partial charge in [0.2, 0.25) is 0 Å². The Kier molecular flexibility index (Phi) is 2.74. The van der Waals surface area contributed by atoms with Gasteiger partial charge in [-0.1, -0.05) is 20.8 Å². The fourth-order valence-electron chi connectivity index (χ4n) is 1.98. The molecule has 0 N–H and O–H groups in total. The van der Waals surface area contributed by atoms with E-state index < -0.39 is 0 Å². The second-order valence-corrected chi connectivity index (χ2v) is 4.33. The minimum Gasteiger partial charge on any atom is -0.303 e. The number of hydrogen-bond donors (Lipinski definition) is 0. The van der Waals surface area contributed by atoms with Gasteiger partial charge in [-0.2, -0.15) is 5.26 Å². The average molecular weight is 166 g/mol. The van der Waals surface area contributed by atoms with Crippen LogP contribution in [0.4, 0.5) is 0 Å². The van der Waals surface area contributed by atoms with Gasteiger partial charge in [-0.25, -0.2) is 0 Å². The van der Waals surface area contributed by atoms with Crippen LogP contribution in [0.1, 0.15) is 27.2 Å². The molecule has 0 bridgehead atoms. The van der Waals surface area contributed by atoms with Gasteiger partial charge in [-0.3, -0.25) is 0 Å². The number of nitriles is 1. The summed E-state index contributed by atoms with van der Waals surface area (Å²) in [7, 11) is 0. The first-order chi connectivity index (χ1) is 5.60. The number of nitrogens with zero attached hydrogens (tertiary/aromatic N) is 2. The third kappa shape index (κ3) is 1.78. The van der Waals surface area contributed by atoms with Gasteiger partial charge in [0.15, 0.2) is 0 Å². The number of hydrogen-bond acceptors (Lipinski definition) is 2. The second kappa shape index (κ2) is 3.45. The van der Waals surface area contributed by atoms with Gasteiger partial charge in [0, 0.05) is 6.54 Å². The molecule has 1 rings (SSSR count). The third-order valence-corrected chi connectivity index (χ3v) is 2.91. The molecule has 1 heterocycles. The zero-order chi connectivity index (χ0) is 9.19. The highest BCUT2D eigenvalue weighted by Crippen LogP contribution is 2.33. The van der Waals surface area contributed by atoms with E-state index in [1.165, 1.54) is 0 Å². The zero-order valence-corrected chi connectivity index (χ0v) is 8.30. The predicted molar refractivity (Wildman–Crippen MR) is 49.6 cm³/mol. The van der Waals surface area contributed by atoms with Gasteiger partial charge in [0.05, 0.1) is 12.0 Å². The Balaban J connectivity index is 2.62. The van der Waals surface area contributed by atoms with Crippen LogP contribution >= 0.6 is 0 Å². The van der Waals surface area contributed by atoms with Crippen molar-refractivity contribution >= 4 is 0 Å². The van der Waals surface area contributed by atoms with Crippen molar-refractivity contribution in [3.8, 4) is 6.07 Å². The lowest BCUT2D eigenvalue weighted by atomic mass is 9.75. The summed E-state index contributed by atoms with van der Waals surface area (Å²) in [5.41, 5.74) is 0.184. The predicted octanol–water partition coefficient (Wildman–Crippen LogP) is 1.88. The molecule has 1 aliphatic rings. The minimum atomic E-state index is 0.184. The molecule has 0 spiro atoms. The molecule has 1 aliphatic heterocycles. The normalized spacial score (nSPS) is 29.7. The molecule has 0 aliphatic carbocycles. The summed E-state index contributed by atoms with van der Waals surface area (Å²) in [5, 5.41) is 8.92. The summed E-state index contributed by atoms with van der Waals surface area (Å²) >= 11 is 0. The largest absolute Gasteiger partial charge is 0.303 e. The highest BCUT2D eigenvalue weighted by Gasteiger charge is 2.35. The average Bonchev–Trinajstić information content (AvgIpc) is 2.02. The van der Waals surface area contributed by atoms with Gasteiger partial charge in [0.1, 0.15) is 0 Å². The SMILES string of the molecule is CCN1CCC(C#N)C(C)(C)C1. The maximum atomic E-state index is 8.92. The quantitative estimate of drug-likeness (QED) is 0.594. The first-order valence-electron chi connectivity index (χ1n) is 4.72. The lowest BCUT2D eigenvalue weighted by Crippen LogP contribution is -2.45. The lowest BCUT2D eigenvalue weighted by Gasteiger charge is -2.40. The molecule has 1 saturated heterocycles. The Morgan fingerprint density at radius 3 is 2.67 bits per heavy atom. The molecule has 0 aromatic carbocycles. The van der Waals surface area contributed by atoms with E-state index in [2.05, 4.69) is 31.7 Å². The summed E-state index contributed by atoms with van der Waals surface area (Å²) in [6.45, 7) is 9.86. The van der Waals surface area contributed by atoms with Crippen molar-refractivity contribution < 1.29 is 0 Å². The molecule has 1 fully saturated rings. The zero-order valence-electron chi connectivity index (χ0n) is 8.30. The highest BCUT2D eigenvalue weighted by atomic mass is 15.1. The van der Waals surface area contributed by atoms with Gasteiger partial charge in [-0.15, -0.1) is 0 Å². The van der Waals surface area contributed by atoms with Gasteiger partial charge < -0.3 is 4.90 Å². The molecule has 0 aromatic rings. The van der Waals surface area contributed by atoms with Crippen molar-refractivity contribution in [3.63, 3.8) is 0 Å². The fraction of sp³-hybridized carbons (Fsp3) is 0.900. The minimum absolute atomic E-state index is 0.184. The second-order valence-electron chi connectivity index (χ2n) is 4.33. The standard InChI is InChI=1S/C10H18N2/c1-4-12-6-5-9(7-11)10(2,3)8-12/h9H,4-6,8H2,1-3H3. The van der Waals surface area contributed by atoms with Crippen LogP contribution in [0.3, 0.4) is 0 Å². The summed E-state index contributed by atoms with van der Waals surface area (Å²) in [6, 6.07) is 2.41. The Morgan fingerprint density at radius 2 is 2.25 bits per heavy atom. The van der Waals surface area contributed by atoms with Gasteiger partial charge in [0.25, 0.3) is 0 Å². The number of rotatable bonds is 1. The van der Waals surface area contributed by atoms with Crippen LogP contribution in [-0.4, -0.2) is 24.5 Å². The monoisotopic (exact) mass is 166 g/mol. The summed E-state index contributed by atoms with van der Waals surface area (Å²) in [5.74, 6) is 0.250. The molecule has 0 aromatic heterocycles. The van der Waals surface area contributed by atoms with E-state index in [0.717, 1.165) is 26.1 Å². The maximum Gasteiger partial charge on any atom is 0.0662 e. The van der Waals surface area contributed by atoms with Crippen LogP contribution in [0.2, 0.25) is 0 Å². The van der Waals surface area contributed by atoms with Gasteiger partial charge in [-0.05, 0) is 24.9 Å². The molecule has 1 unspecified atom stereocenters. The molecular weight excluding hydrogens is 148 g/mol. The Labute approximate surface area is 75.2 Å². The molecular formula is C10H18N2. The van der Waals surface area contributed by atoms with Crippen molar-refractivity contribution in [2.75, 3.05) is 19.6 Å². The van der Waals surface area contributed by atoms with E-state index in [0.29, 0.717) is 0 Å². The van der Waals surface area contributed by atoms with Crippen molar-refractivity contribution in [1.82, 2.24) is 4.90 Å². The summed E-state index contributed by atoms with van der Waals surface area (Å²) < 4.78 is 0. The Morgan fingerprint density at radius 1 is 1.58 bits per heavy atom. The molecule has 12 heavy (non-hydrogen) atoms. The van der Waals surface area contributed by atoms with Crippen LogP contribution in [0.5, 0.6) is 0 Å². The molecule has 2 heteroatoms. The topological polar surface area (TPSA) is 27.0 Å². The van der Waals surface area contributed by atoms with Crippen LogP contribution in [0, 0.1) is 22.7 Å². The molecule has 0 amide bonds. The molecule has 2 nitrogen and oxygen atoms in total. The lowest BCUT2D eigenvalue weighted by molar-refractivity contribution is 0.0867. The first-order valence-corrected chi connectivity index (χ1v) is 4.72. The van der Waals surface area contributed by atoms with Gasteiger partial charge >= 0.3 is 0 Å². The van der Waals surface area contributed by atoms with E-state index in [1.807, 2.05) is 0 Å². The van der Waals surface area contributed by atoms with Crippen molar-refractivity contribution in [3.05, 3.63) is 0 Å². The number of likely N-dealkylation sites (tertiary alicyclic amines) is 1. The summed E-state index contributed by atoms with van der Waals surface area (Å²) in [4.78, 5) is 2.42. The van der Waals surface area contributed by atoms with E-state index in [4.69, 9.17) is 5.26 Å². The molecule has 1 atom stereocenters. The van der Waals surface area contributed by atoms with Crippen LogP contribution in [0.25, 0.3) is 0 Å². The third-order valence-electron chi connectivity index (χ3n) is 2.91. The van der Waals surface area contributed by atoms with Crippen molar-refractivity contribution in [1.29, 1.82) is 5.26 Å². The van der Waals surface area contributed by atoms with Crippen LogP contribution in [-0.2, 0) is 0 Å². The maximum absolute atomic E-state index is 8.92. The Bertz CT molecular complexity index is 191. The van der Waals surface area contributed by atoms with Crippen LogP contribution in [0.15, 0.2) is 0 Å². The molecule has 0 radical (unpaired) electrons. The van der Waals surface area contributed by atoms with E-state index in [-0.39, 0.29) is 11.3 Å². The smallest absolute Gasteiger partial charge is 0.0662 e. The molecule has 68 valence electrons. The van der Waals surface area contributed by atoms with E-state index in [1.54, 1.807) is 0 Å². The van der Waals surface area contributed by atoms with Crippen molar-refractivity contribution in [2.24, 2.45) is 11.3 Å². The van der Waals surface area contributed by atoms with E-state index >= 15 is 0 Å².